The Hall–Kier alpha value is -1.21. The smallest absolute Gasteiger partial charge is 1.00 e. The van der Waals surface area contributed by atoms with Crippen LogP contribution >= 0.6 is 0 Å². The number of nitrogens with zero attached hydrogens (tertiary/aromatic N) is 2. The van der Waals surface area contributed by atoms with E-state index in [1.54, 1.807) is 0 Å². The minimum Gasteiger partial charge on any atom is -1.00 e. The minimum atomic E-state index is 0. The summed E-state index contributed by atoms with van der Waals surface area (Å²) in [4.78, 5) is 2.02. The largest absolute Gasteiger partial charge is 1.00 e. The van der Waals surface area contributed by atoms with Crippen molar-refractivity contribution in [3.05, 3.63) is 47.7 Å². The van der Waals surface area contributed by atoms with Gasteiger partial charge in [-0.05, 0) is 24.8 Å². The van der Waals surface area contributed by atoms with Crippen molar-refractivity contribution < 1.29 is 29.5 Å². The zero-order valence-corrected chi connectivity index (χ0v) is 11.1. The van der Waals surface area contributed by atoms with E-state index in [9.17, 15) is 0 Å². The molecule has 92 valence electrons. The van der Waals surface area contributed by atoms with E-state index in [2.05, 4.69) is 5.16 Å². The molecule has 0 aliphatic rings. The van der Waals surface area contributed by atoms with Crippen LogP contribution in [-0.2, 0) is 13.2 Å². The summed E-state index contributed by atoms with van der Waals surface area (Å²) in [7, 11) is 3.96. The summed E-state index contributed by atoms with van der Waals surface area (Å²) in [5, 5.41) is 3.86. The van der Waals surface area contributed by atoms with E-state index in [0.29, 0.717) is 12.5 Å². The van der Waals surface area contributed by atoms with Gasteiger partial charge >= 0.3 is 18.9 Å². The maximum absolute atomic E-state index is 5.53. The average molecular weight is 240 g/mol. The summed E-state index contributed by atoms with van der Waals surface area (Å²) >= 11 is 0. The zero-order chi connectivity index (χ0) is 12.1. The summed E-state index contributed by atoms with van der Waals surface area (Å²) in [5.41, 5.74) is 1.12. The van der Waals surface area contributed by atoms with Crippen LogP contribution in [0.3, 0.4) is 0 Å². The van der Waals surface area contributed by atoms with Gasteiger partial charge in [0, 0.05) is 6.07 Å². The topological polar surface area (TPSA) is 38.5 Å². The van der Waals surface area contributed by atoms with Crippen LogP contribution in [0.5, 0.6) is 5.88 Å². The molecule has 2 aromatic rings. The number of hydrogen-bond donors (Lipinski definition) is 0. The van der Waals surface area contributed by atoms with Crippen molar-refractivity contribution in [2.45, 2.75) is 13.2 Å². The molecule has 18 heavy (non-hydrogen) atoms. The van der Waals surface area contributed by atoms with Crippen LogP contribution in [0.1, 0.15) is 12.8 Å². The van der Waals surface area contributed by atoms with Gasteiger partial charge in [-0.15, -0.1) is 0 Å². The number of benzene rings is 1. The first-order valence-corrected chi connectivity index (χ1v) is 5.51. The summed E-state index contributed by atoms with van der Waals surface area (Å²) in [6.07, 6.45) is 0. The van der Waals surface area contributed by atoms with Crippen molar-refractivity contribution in [2.24, 2.45) is 0 Å². The molecule has 0 N–H and O–H groups in total. The number of rotatable bonds is 5. The van der Waals surface area contributed by atoms with Crippen molar-refractivity contribution in [2.75, 3.05) is 14.1 Å². The first-order valence-electron chi connectivity index (χ1n) is 5.51. The molecule has 0 radical (unpaired) electrons. The molecule has 0 saturated heterocycles. The summed E-state index contributed by atoms with van der Waals surface area (Å²) in [6, 6.07) is 11.8. The normalized spacial score (nSPS) is 10.2. The third-order valence-corrected chi connectivity index (χ3v) is 2.24. The van der Waals surface area contributed by atoms with Gasteiger partial charge in [-0.3, -0.25) is 0 Å². The Morgan fingerprint density at radius 2 is 2.00 bits per heavy atom. The maximum atomic E-state index is 5.53. The Morgan fingerprint density at radius 3 is 2.67 bits per heavy atom. The molecule has 5 heteroatoms. The summed E-state index contributed by atoms with van der Waals surface area (Å²) < 4.78 is 10.7. The van der Waals surface area contributed by atoms with E-state index >= 15 is 0 Å². The molecule has 0 unspecified atom stereocenters. The van der Waals surface area contributed by atoms with E-state index in [-0.39, 0.29) is 20.3 Å². The molecular formula is C13H17LiN2O2. The van der Waals surface area contributed by atoms with Gasteiger partial charge in [0.2, 0.25) is 0 Å². The number of aromatic nitrogens is 1. The molecule has 0 atom stereocenters. The van der Waals surface area contributed by atoms with Crippen LogP contribution in [0.4, 0.5) is 0 Å². The van der Waals surface area contributed by atoms with Crippen LogP contribution in [0, 0.1) is 0 Å². The van der Waals surface area contributed by atoms with Crippen molar-refractivity contribution in [1.82, 2.24) is 10.1 Å². The average Bonchev–Trinajstić information content (AvgIpc) is 2.75. The molecule has 4 nitrogen and oxygen atoms in total. The minimum absolute atomic E-state index is 0. The molecule has 2 rings (SSSR count). The Bertz CT molecular complexity index is 463. The van der Waals surface area contributed by atoms with E-state index in [4.69, 9.17) is 9.26 Å². The van der Waals surface area contributed by atoms with Gasteiger partial charge in [0.1, 0.15) is 6.61 Å². The van der Waals surface area contributed by atoms with Gasteiger partial charge in [-0.2, -0.15) is 0 Å². The van der Waals surface area contributed by atoms with Gasteiger partial charge in [0.05, 0.1) is 6.54 Å². The van der Waals surface area contributed by atoms with Crippen molar-refractivity contribution in [3.63, 3.8) is 0 Å². The fourth-order valence-corrected chi connectivity index (χ4v) is 1.48. The third-order valence-electron chi connectivity index (χ3n) is 2.24. The summed E-state index contributed by atoms with van der Waals surface area (Å²) in [5.74, 6) is 1.34. The van der Waals surface area contributed by atoms with Crippen LogP contribution < -0.4 is 23.6 Å². The molecule has 0 amide bonds. The molecule has 1 aromatic heterocycles. The van der Waals surface area contributed by atoms with Gasteiger partial charge in [0.25, 0.3) is 5.88 Å². The van der Waals surface area contributed by atoms with Crippen LogP contribution in [-0.4, -0.2) is 24.2 Å². The van der Waals surface area contributed by atoms with E-state index in [0.717, 1.165) is 17.9 Å². The SMILES string of the molecule is CN(C)Cc1cc(OCc2ccccc2)no1.[H-].[Li+]. The first-order chi connectivity index (χ1) is 8.24. The second-order valence-electron chi connectivity index (χ2n) is 4.14. The van der Waals surface area contributed by atoms with E-state index in [1.165, 1.54) is 0 Å². The molecule has 0 bridgehead atoms. The van der Waals surface area contributed by atoms with E-state index < -0.39 is 0 Å². The number of ether oxygens (including phenoxy) is 1. The fraction of sp³-hybridized carbons (Fsp3) is 0.308. The molecule has 0 saturated carbocycles. The summed E-state index contributed by atoms with van der Waals surface area (Å²) in [6.45, 7) is 1.23. The van der Waals surface area contributed by atoms with Crippen molar-refractivity contribution in [3.8, 4) is 5.88 Å². The molecule has 0 aliphatic heterocycles. The van der Waals surface area contributed by atoms with E-state index in [1.807, 2.05) is 55.4 Å². The van der Waals surface area contributed by atoms with Gasteiger partial charge < -0.3 is 15.6 Å². The van der Waals surface area contributed by atoms with Gasteiger partial charge in [0.15, 0.2) is 5.76 Å². The number of hydrogen-bond acceptors (Lipinski definition) is 4. The predicted octanol–water partition coefficient (Wildman–Crippen LogP) is -0.568. The molecule has 0 aliphatic carbocycles. The molecular weight excluding hydrogens is 223 g/mol. The third kappa shape index (κ3) is 4.58. The Morgan fingerprint density at radius 1 is 1.28 bits per heavy atom. The van der Waals surface area contributed by atoms with Crippen LogP contribution in [0.2, 0.25) is 0 Å². The van der Waals surface area contributed by atoms with Crippen LogP contribution in [0.15, 0.2) is 40.9 Å². The Labute approximate surface area is 121 Å². The zero-order valence-electron chi connectivity index (χ0n) is 12.1. The van der Waals surface area contributed by atoms with Crippen molar-refractivity contribution >= 4 is 0 Å². The first kappa shape index (κ1) is 14.8. The standard InChI is InChI=1S/C13H16N2O2.Li.H/c1-15(2)9-12-8-13(14-17-12)16-10-11-6-4-3-5-7-11;;/h3-8H,9-10H2,1-2H3;;/q;+1;-1. The van der Waals surface area contributed by atoms with Gasteiger partial charge in [-0.1, -0.05) is 30.3 Å². The fourth-order valence-electron chi connectivity index (χ4n) is 1.48. The second kappa shape index (κ2) is 7.27. The maximum Gasteiger partial charge on any atom is 1.00 e. The van der Waals surface area contributed by atoms with Crippen molar-refractivity contribution in [1.29, 1.82) is 0 Å². The monoisotopic (exact) mass is 240 g/mol. The van der Waals surface area contributed by atoms with Crippen LogP contribution in [0.25, 0.3) is 0 Å². The molecule has 0 fully saturated rings. The molecule has 0 spiro atoms. The Balaban J connectivity index is 0.00000162. The second-order valence-corrected chi connectivity index (χ2v) is 4.14. The Kier molecular flexibility index (Phi) is 6.00. The predicted molar refractivity (Wildman–Crippen MR) is 65.8 cm³/mol. The molecule has 1 heterocycles. The van der Waals surface area contributed by atoms with Gasteiger partial charge in [-0.25, -0.2) is 0 Å². The quantitative estimate of drug-likeness (QED) is 0.656. The molecule has 1 aromatic carbocycles.